The SMILES string of the molecule is CC(=O)N[C@@H]1[C@H](O)[C@@H]2C[C@H](c3ccccc3)CC[C@@H]2O[C@@H]1O. The van der Waals surface area contributed by atoms with E-state index in [1.807, 2.05) is 18.2 Å². The number of hydrogen-bond acceptors (Lipinski definition) is 4. The Morgan fingerprint density at radius 2 is 1.95 bits per heavy atom. The number of amides is 1. The number of aliphatic hydroxyl groups is 2. The zero-order chi connectivity index (χ0) is 15.7. The molecule has 3 N–H and O–H groups in total. The summed E-state index contributed by atoms with van der Waals surface area (Å²) in [6, 6.07) is 9.52. The third kappa shape index (κ3) is 3.02. The summed E-state index contributed by atoms with van der Waals surface area (Å²) < 4.78 is 5.64. The van der Waals surface area contributed by atoms with Crippen LogP contribution >= 0.6 is 0 Å². The van der Waals surface area contributed by atoms with Crippen LogP contribution in [0.3, 0.4) is 0 Å². The fraction of sp³-hybridized carbons (Fsp3) is 0.588. The maximum Gasteiger partial charge on any atom is 0.217 e. The maximum absolute atomic E-state index is 11.3. The van der Waals surface area contributed by atoms with Crippen molar-refractivity contribution < 1.29 is 19.7 Å². The van der Waals surface area contributed by atoms with Crippen LogP contribution in [0.25, 0.3) is 0 Å². The summed E-state index contributed by atoms with van der Waals surface area (Å²) in [6.07, 6.45) is 0.520. The molecule has 0 spiro atoms. The molecule has 1 amide bonds. The lowest BCUT2D eigenvalue weighted by Crippen LogP contribution is -2.61. The molecule has 0 unspecified atom stereocenters. The van der Waals surface area contributed by atoms with Gasteiger partial charge in [0.2, 0.25) is 5.91 Å². The van der Waals surface area contributed by atoms with Gasteiger partial charge >= 0.3 is 0 Å². The van der Waals surface area contributed by atoms with Crippen LogP contribution in [0.2, 0.25) is 0 Å². The summed E-state index contributed by atoms with van der Waals surface area (Å²) in [6.45, 7) is 1.37. The van der Waals surface area contributed by atoms with Crippen LogP contribution in [0.1, 0.15) is 37.7 Å². The smallest absolute Gasteiger partial charge is 0.217 e. The number of aliphatic hydroxyl groups excluding tert-OH is 2. The standard InChI is InChI=1S/C17H23NO4/c1-10(19)18-15-16(20)13-9-12(11-5-3-2-4-6-11)7-8-14(13)22-17(15)21/h2-6,12-17,20-21H,7-9H2,1H3,(H,18,19)/t12-,13-,14+,15-,16-,17+/m1/s1. The zero-order valence-corrected chi connectivity index (χ0v) is 12.7. The van der Waals surface area contributed by atoms with Crippen molar-refractivity contribution in [2.45, 2.75) is 56.6 Å². The highest BCUT2D eigenvalue weighted by Crippen LogP contribution is 2.42. The molecule has 2 aliphatic rings. The molecule has 5 nitrogen and oxygen atoms in total. The molecular formula is C17H23NO4. The Bertz CT molecular complexity index is 521. The van der Waals surface area contributed by atoms with Gasteiger partial charge in [0, 0.05) is 12.8 Å². The number of carbonyl (C=O) groups excluding carboxylic acids is 1. The van der Waals surface area contributed by atoms with E-state index in [4.69, 9.17) is 4.74 Å². The number of rotatable bonds is 2. The van der Waals surface area contributed by atoms with Crippen LogP contribution in [0, 0.1) is 5.92 Å². The summed E-state index contributed by atoms with van der Waals surface area (Å²) in [5.74, 6) is 0.0358. The van der Waals surface area contributed by atoms with Crippen LogP contribution in [0.5, 0.6) is 0 Å². The lowest BCUT2D eigenvalue weighted by Gasteiger charge is -2.47. The van der Waals surface area contributed by atoms with Gasteiger partial charge in [-0.3, -0.25) is 4.79 Å². The van der Waals surface area contributed by atoms with Crippen LogP contribution in [0.4, 0.5) is 0 Å². The molecular weight excluding hydrogens is 282 g/mol. The Labute approximate surface area is 130 Å². The van der Waals surface area contributed by atoms with E-state index in [-0.39, 0.29) is 17.9 Å². The van der Waals surface area contributed by atoms with E-state index < -0.39 is 18.4 Å². The molecule has 6 atom stereocenters. The van der Waals surface area contributed by atoms with Gasteiger partial charge in [0.15, 0.2) is 6.29 Å². The van der Waals surface area contributed by atoms with E-state index in [0.29, 0.717) is 5.92 Å². The van der Waals surface area contributed by atoms with Crippen molar-refractivity contribution in [3.63, 3.8) is 0 Å². The monoisotopic (exact) mass is 305 g/mol. The van der Waals surface area contributed by atoms with Crippen molar-refractivity contribution in [3.05, 3.63) is 35.9 Å². The van der Waals surface area contributed by atoms with E-state index in [1.165, 1.54) is 12.5 Å². The van der Waals surface area contributed by atoms with Gasteiger partial charge in [0.25, 0.3) is 0 Å². The van der Waals surface area contributed by atoms with Crippen molar-refractivity contribution >= 4 is 5.91 Å². The van der Waals surface area contributed by atoms with Crippen LogP contribution in [-0.2, 0) is 9.53 Å². The highest BCUT2D eigenvalue weighted by molar-refractivity contribution is 5.73. The van der Waals surface area contributed by atoms with Crippen LogP contribution in [-0.4, -0.2) is 40.7 Å². The topological polar surface area (TPSA) is 78.8 Å². The number of ether oxygens (including phenoxy) is 1. The Balaban J connectivity index is 1.75. The van der Waals surface area contributed by atoms with Gasteiger partial charge in [-0.1, -0.05) is 30.3 Å². The fourth-order valence-corrected chi connectivity index (χ4v) is 3.82. The quantitative estimate of drug-likeness (QED) is 0.766. The highest BCUT2D eigenvalue weighted by Gasteiger charge is 2.47. The first kappa shape index (κ1) is 15.5. The second-order valence-corrected chi connectivity index (χ2v) is 6.37. The largest absolute Gasteiger partial charge is 0.390 e. The molecule has 1 heterocycles. The molecule has 1 saturated heterocycles. The van der Waals surface area contributed by atoms with Crippen molar-refractivity contribution in [1.82, 2.24) is 5.32 Å². The zero-order valence-electron chi connectivity index (χ0n) is 12.7. The van der Waals surface area contributed by atoms with Gasteiger partial charge in [0.05, 0.1) is 12.2 Å². The summed E-state index contributed by atoms with van der Waals surface area (Å²) in [4.78, 5) is 11.3. The molecule has 22 heavy (non-hydrogen) atoms. The van der Waals surface area contributed by atoms with E-state index in [2.05, 4.69) is 17.4 Å². The molecule has 0 radical (unpaired) electrons. The third-order valence-electron chi connectivity index (χ3n) is 4.90. The number of hydrogen-bond donors (Lipinski definition) is 3. The second-order valence-electron chi connectivity index (χ2n) is 6.37. The lowest BCUT2D eigenvalue weighted by atomic mass is 9.71. The van der Waals surface area contributed by atoms with Gasteiger partial charge in [-0.2, -0.15) is 0 Å². The summed E-state index contributed by atoms with van der Waals surface area (Å²) in [7, 11) is 0. The molecule has 120 valence electrons. The van der Waals surface area contributed by atoms with Crippen molar-refractivity contribution in [2.75, 3.05) is 0 Å². The number of carbonyl (C=O) groups is 1. The molecule has 1 aliphatic heterocycles. The van der Waals surface area contributed by atoms with Gasteiger partial charge in [-0.05, 0) is 30.7 Å². The summed E-state index contributed by atoms with van der Waals surface area (Å²) in [5.41, 5.74) is 1.27. The summed E-state index contributed by atoms with van der Waals surface area (Å²) in [5, 5.41) is 23.2. The van der Waals surface area contributed by atoms with E-state index >= 15 is 0 Å². The minimum atomic E-state index is -1.14. The molecule has 1 saturated carbocycles. The molecule has 2 fully saturated rings. The van der Waals surface area contributed by atoms with E-state index in [0.717, 1.165) is 19.3 Å². The number of nitrogens with one attached hydrogen (secondary N) is 1. The Morgan fingerprint density at radius 3 is 2.64 bits per heavy atom. The van der Waals surface area contributed by atoms with Gasteiger partial charge in [0.1, 0.15) is 6.04 Å². The number of fused-ring (bicyclic) bond motifs is 1. The minimum Gasteiger partial charge on any atom is -0.390 e. The lowest BCUT2D eigenvalue weighted by molar-refractivity contribution is -0.239. The fourth-order valence-electron chi connectivity index (χ4n) is 3.82. The van der Waals surface area contributed by atoms with Crippen molar-refractivity contribution in [2.24, 2.45) is 5.92 Å². The molecule has 3 rings (SSSR count). The van der Waals surface area contributed by atoms with Crippen molar-refractivity contribution in [3.8, 4) is 0 Å². The first-order chi connectivity index (χ1) is 10.6. The minimum absolute atomic E-state index is 0.0702. The first-order valence-electron chi connectivity index (χ1n) is 7.90. The predicted molar refractivity (Wildman–Crippen MR) is 81.0 cm³/mol. The third-order valence-corrected chi connectivity index (χ3v) is 4.90. The molecule has 0 aromatic heterocycles. The van der Waals surface area contributed by atoms with Gasteiger partial charge in [-0.15, -0.1) is 0 Å². The normalized spacial score (nSPS) is 38.1. The van der Waals surface area contributed by atoms with Gasteiger partial charge < -0.3 is 20.3 Å². The molecule has 1 aliphatic carbocycles. The van der Waals surface area contributed by atoms with Crippen molar-refractivity contribution in [1.29, 1.82) is 0 Å². The molecule has 1 aromatic carbocycles. The average Bonchev–Trinajstić information content (AvgIpc) is 2.52. The highest BCUT2D eigenvalue weighted by atomic mass is 16.6. The first-order valence-corrected chi connectivity index (χ1v) is 7.90. The van der Waals surface area contributed by atoms with Gasteiger partial charge in [-0.25, -0.2) is 0 Å². The Morgan fingerprint density at radius 1 is 1.23 bits per heavy atom. The van der Waals surface area contributed by atoms with Crippen LogP contribution in [0.15, 0.2) is 30.3 Å². The molecule has 0 bridgehead atoms. The van der Waals surface area contributed by atoms with E-state index in [9.17, 15) is 15.0 Å². The molecule has 5 heteroatoms. The molecule has 1 aromatic rings. The average molecular weight is 305 g/mol. The Hall–Kier alpha value is -1.43. The summed E-state index contributed by atoms with van der Waals surface area (Å²) >= 11 is 0. The van der Waals surface area contributed by atoms with E-state index in [1.54, 1.807) is 0 Å². The predicted octanol–water partition coefficient (Wildman–Crippen LogP) is 1.15. The number of benzene rings is 1. The Kier molecular flexibility index (Phi) is 4.47. The maximum atomic E-state index is 11.3. The second kappa shape index (κ2) is 6.36. The van der Waals surface area contributed by atoms with Crippen LogP contribution < -0.4 is 5.32 Å².